The Balaban J connectivity index is 0. The average Bonchev–Trinajstić information content (AvgIpc) is 0. The summed E-state index contributed by atoms with van der Waals surface area (Å²) in [6, 6.07) is 0. The van der Waals surface area contributed by atoms with Gasteiger partial charge in [0.15, 0.2) is 0 Å². The predicted molar refractivity (Wildman–Crippen MR) is 0 cm³/mol. The van der Waals surface area contributed by atoms with Crippen LogP contribution in [0.5, 0.6) is 0 Å². The molecule has 0 aromatic rings. The molecule has 0 aliphatic heterocycles. The van der Waals surface area contributed by atoms with Crippen LogP contribution in [-0.4, -0.2) is 0 Å². The van der Waals surface area contributed by atoms with Gasteiger partial charge in [-0.3, -0.25) is 0 Å². The first-order chi connectivity index (χ1) is 0. The fourth-order valence-electron chi connectivity index (χ4n) is 0. The summed E-state index contributed by atoms with van der Waals surface area (Å²) in [7, 11) is 0. The Morgan fingerprint density at radius 2 is 0.500 bits per heavy atom. The Labute approximate surface area is 86.4 Å². The number of hydrogen-bond acceptors (Lipinski definition) is 0. The van der Waals surface area contributed by atoms with E-state index in [9.17, 15) is 0 Å². The van der Waals surface area contributed by atoms with Crippen LogP contribution in [0.4, 0.5) is 0 Å². The van der Waals surface area contributed by atoms with Gasteiger partial charge in [0.2, 0.25) is 0 Å². The summed E-state index contributed by atoms with van der Waals surface area (Å²) in [5.74, 6) is 0. The zero-order valence-electron chi connectivity index (χ0n) is 1.28. The van der Waals surface area contributed by atoms with Crippen molar-refractivity contribution in [2.45, 2.75) is 0 Å². The molecule has 0 aliphatic rings. The molecule has 39 valence electrons. The van der Waals surface area contributed by atoms with Crippen molar-refractivity contribution in [3.05, 3.63) is 0 Å². The van der Waals surface area contributed by atoms with Crippen LogP contribution >= 0.6 is 0 Å². The van der Waals surface area contributed by atoms with Crippen molar-refractivity contribution in [3.8, 4) is 0 Å². The third kappa shape index (κ3) is 8.84. The second-order valence-electron chi connectivity index (χ2n) is 0. The number of hydrogen-bond donors (Lipinski definition) is 0. The first-order valence-corrected chi connectivity index (χ1v) is 0. The van der Waals surface area contributed by atoms with E-state index >= 15 is 0 Å². The molecule has 0 spiro atoms. The van der Waals surface area contributed by atoms with Gasteiger partial charge in [-0.25, -0.2) is 0 Å². The molecule has 0 heterocycles. The van der Waals surface area contributed by atoms with Crippen molar-refractivity contribution in [2.24, 2.45) is 0 Å². The van der Waals surface area contributed by atoms with Gasteiger partial charge < -0.3 is 0 Å². The van der Waals surface area contributed by atoms with Gasteiger partial charge in [0.1, 0.15) is 0 Å². The molecule has 0 fully saturated rings. The third-order valence-electron chi connectivity index (χ3n) is 0. The molecule has 0 rings (SSSR count). The summed E-state index contributed by atoms with van der Waals surface area (Å²) in [6.45, 7) is 0. The summed E-state index contributed by atoms with van der Waals surface area (Å²) in [5.41, 5.74) is 0. The molecule has 0 atom stereocenters. The molecule has 0 saturated heterocycles. The van der Waals surface area contributed by atoms with E-state index in [-0.39, 0.29) is 88.1 Å². The van der Waals surface area contributed by atoms with Crippen molar-refractivity contribution >= 4 is 0 Å². The summed E-state index contributed by atoms with van der Waals surface area (Å²) in [5, 5.41) is 0. The van der Waals surface area contributed by atoms with E-state index in [2.05, 4.69) is 0 Å². The van der Waals surface area contributed by atoms with Crippen LogP contribution in [0, 0.1) is 38.6 Å². The van der Waals surface area contributed by atoms with Crippen molar-refractivity contribution in [1.82, 2.24) is 0 Å². The maximum Gasteiger partial charge on any atom is 0 e. The molecule has 0 saturated carbocycles. The molecule has 0 bridgehead atoms. The Morgan fingerprint density at radius 3 is 0.500 bits per heavy atom. The fraction of sp³-hybridized carbons (Fsp3) is 0. The molecule has 0 aromatic heterocycles. The first kappa shape index (κ1) is 29.4. The van der Waals surface area contributed by atoms with Crippen LogP contribution in [0.25, 0.3) is 0 Å². The van der Waals surface area contributed by atoms with Crippen molar-refractivity contribution < 1.29 is 88.1 Å². The molecule has 0 nitrogen and oxygen atoms in total. The fourth-order valence-corrected chi connectivity index (χ4v) is 0. The van der Waals surface area contributed by atoms with E-state index < -0.39 is 0 Å². The standard InChI is InChI=1S/3Ni.Tb. The molecular weight excluding hydrogens is 335 g/mol. The summed E-state index contributed by atoms with van der Waals surface area (Å²) in [6.07, 6.45) is 0. The first-order valence-electron chi connectivity index (χ1n) is 0. The van der Waals surface area contributed by atoms with E-state index in [1.165, 1.54) is 0 Å². The van der Waals surface area contributed by atoms with E-state index in [1.54, 1.807) is 0 Å². The molecule has 4 heteroatoms. The minimum absolute atomic E-state index is 0. The normalized spacial score (nSPS) is 0. The quantitative estimate of drug-likeness (QED) is 0.547. The topological polar surface area (TPSA) is 0 Å². The average molecular weight is 335 g/mol. The van der Waals surface area contributed by atoms with Crippen molar-refractivity contribution in [1.29, 1.82) is 0 Å². The zero-order chi connectivity index (χ0) is 0. The van der Waals surface area contributed by atoms with E-state index in [0.29, 0.717) is 0 Å². The van der Waals surface area contributed by atoms with E-state index in [0.717, 1.165) is 0 Å². The number of rotatable bonds is 0. The predicted octanol–water partition coefficient (Wildman–Crippen LogP) is -0.00750. The van der Waals surface area contributed by atoms with Gasteiger partial charge in [-0.05, 0) is 0 Å². The second-order valence-corrected chi connectivity index (χ2v) is 0. The Hall–Kier alpha value is 2.77. The maximum absolute atomic E-state index is 0. The minimum Gasteiger partial charge on any atom is 0 e. The van der Waals surface area contributed by atoms with Crippen LogP contribution < -0.4 is 0 Å². The van der Waals surface area contributed by atoms with Crippen molar-refractivity contribution in [2.75, 3.05) is 0 Å². The SMILES string of the molecule is [Ni].[Ni].[Ni].[Tb]. The zero-order valence-corrected chi connectivity index (χ0v) is 6.38. The monoisotopic (exact) mass is 333 g/mol. The molecule has 0 amide bonds. The largest absolute Gasteiger partial charge is 0 e. The maximum atomic E-state index is 0. The molecule has 0 N–H and O–H groups in total. The van der Waals surface area contributed by atoms with Gasteiger partial charge >= 0.3 is 0 Å². The molecule has 0 unspecified atom stereocenters. The molecule has 1 radical (unpaired) electrons. The molecular formula is Ni3Tb. The van der Waals surface area contributed by atoms with Crippen LogP contribution in [0.3, 0.4) is 0 Å². The van der Waals surface area contributed by atoms with Gasteiger partial charge in [0.05, 0.1) is 0 Å². The van der Waals surface area contributed by atoms with Gasteiger partial charge in [-0.1, -0.05) is 0 Å². The van der Waals surface area contributed by atoms with Crippen LogP contribution in [0.2, 0.25) is 0 Å². The molecule has 0 aromatic carbocycles. The molecule has 0 aliphatic carbocycles. The van der Waals surface area contributed by atoms with E-state index in [1.807, 2.05) is 0 Å². The van der Waals surface area contributed by atoms with Gasteiger partial charge in [-0.15, -0.1) is 0 Å². The summed E-state index contributed by atoms with van der Waals surface area (Å²) >= 11 is 0. The third-order valence-corrected chi connectivity index (χ3v) is 0. The van der Waals surface area contributed by atoms with Gasteiger partial charge in [0, 0.05) is 88.1 Å². The van der Waals surface area contributed by atoms with Gasteiger partial charge in [-0.2, -0.15) is 0 Å². The van der Waals surface area contributed by atoms with Crippen LogP contribution in [0.15, 0.2) is 0 Å². The summed E-state index contributed by atoms with van der Waals surface area (Å²) < 4.78 is 0. The molecule has 4 heavy (non-hydrogen) atoms. The Morgan fingerprint density at radius 1 is 0.500 bits per heavy atom. The second kappa shape index (κ2) is 17.1. The van der Waals surface area contributed by atoms with Crippen LogP contribution in [0.1, 0.15) is 0 Å². The Kier molecular flexibility index (Phi) is 126. The minimum atomic E-state index is 0. The summed E-state index contributed by atoms with van der Waals surface area (Å²) in [4.78, 5) is 0. The Bertz CT molecular complexity index is 3.25. The van der Waals surface area contributed by atoms with Crippen LogP contribution in [-0.2, 0) is 49.5 Å². The van der Waals surface area contributed by atoms with E-state index in [4.69, 9.17) is 0 Å². The van der Waals surface area contributed by atoms with Crippen molar-refractivity contribution in [3.63, 3.8) is 0 Å². The smallest absolute Gasteiger partial charge is 0 e. The van der Waals surface area contributed by atoms with Gasteiger partial charge in [0.25, 0.3) is 0 Å².